The van der Waals surface area contributed by atoms with Crippen LogP contribution in [-0.2, 0) is 4.74 Å². The summed E-state index contributed by atoms with van der Waals surface area (Å²) in [5.41, 5.74) is 0. The highest BCUT2D eigenvalue weighted by Gasteiger charge is 1.95. The van der Waals surface area contributed by atoms with Gasteiger partial charge in [-0.05, 0) is 12.8 Å². The Bertz CT molecular complexity index is 202. The summed E-state index contributed by atoms with van der Waals surface area (Å²) in [6, 6.07) is 0. The second kappa shape index (κ2) is 25.0. The van der Waals surface area contributed by atoms with E-state index in [2.05, 4.69) is 13.8 Å². The Balaban J connectivity index is 2.95. The molecule has 158 valence electrons. The molecular weight excluding hydrogens is 316 g/mol. The molecule has 0 unspecified atom stereocenters. The van der Waals surface area contributed by atoms with Crippen molar-refractivity contribution in [2.75, 3.05) is 13.2 Å². The van der Waals surface area contributed by atoms with Gasteiger partial charge in [-0.3, -0.25) is 0 Å². The summed E-state index contributed by atoms with van der Waals surface area (Å²) in [6.07, 6.45) is 29.6. The first-order valence-electron chi connectivity index (χ1n) is 12.5. The zero-order valence-electron chi connectivity index (χ0n) is 18.7. The third-order valence-electron chi connectivity index (χ3n) is 5.53. The largest absolute Gasteiger partial charge is 0.381 e. The van der Waals surface area contributed by atoms with Gasteiger partial charge in [0.1, 0.15) is 0 Å². The molecule has 0 bridgehead atoms. The smallest absolute Gasteiger partial charge is 0.0466 e. The normalized spacial score (nSPS) is 11.3. The van der Waals surface area contributed by atoms with Crippen LogP contribution in [0.1, 0.15) is 149 Å². The number of hydrogen-bond donors (Lipinski definition) is 0. The highest BCUT2D eigenvalue weighted by atomic mass is 16.5. The lowest BCUT2D eigenvalue weighted by Crippen LogP contribution is -1.97. The summed E-state index contributed by atoms with van der Waals surface area (Å²) >= 11 is 0. The van der Waals surface area contributed by atoms with Crippen molar-refractivity contribution in [1.82, 2.24) is 0 Å². The highest BCUT2D eigenvalue weighted by molar-refractivity contribution is 4.49. The van der Waals surface area contributed by atoms with Crippen LogP contribution < -0.4 is 0 Å². The molecule has 0 saturated heterocycles. The van der Waals surface area contributed by atoms with Crippen LogP contribution >= 0.6 is 0 Å². The summed E-state index contributed by atoms with van der Waals surface area (Å²) in [6.45, 7) is 6.57. The Morgan fingerprint density at radius 1 is 0.308 bits per heavy atom. The van der Waals surface area contributed by atoms with Crippen molar-refractivity contribution in [2.24, 2.45) is 0 Å². The lowest BCUT2D eigenvalue weighted by Gasteiger charge is -2.05. The number of rotatable bonds is 23. The van der Waals surface area contributed by atoms with Gasteiger partial charge in [-0.2, -0.15) is 0 Å². The van der Waals surface area contributed by atoms with Crippen molar-refractivity contribution < 1.29 is 4.74 Å². The van der Waals surface area contributed by atoms with E-state index in [1.807, 2.05) is 0 Å². The van der Waals surface area contributed by atoms with Gasteiger partial charge in [-0.15, -0.1) is 0 Å². The molecule has 0 aliphatic carbocycles. The van der Waals surface area contributed by atoms with Gasteiger partial charge in [0, 0.05) is 13.2 Å². The van der Waals surface area contributed by atoms with Gasteiger partial charge in [0.05, 0.1) is 0 Å². The molecule has 0 aliphatic heterocycles. The lowest BCUT2D eigenvalue weighted by molar-refractivity contribution is 0.125. The molecule has 0 N–H and O–H groups in total. The van der Waals surface area contributed by atoms with Crippen molar-refractivity contribution in [3.8, 4) is 0 Å². The van der Waals surface area contributed by atoms with Crippen LogP contribution in [0.5, 0.6) is 0 Å². The Labute approximate surface area is 167 Å². The Morgan fingerprint density at radius 3 is 0.808 bits per heavy atom. The molecule has 0 amide bonds. The molecule has 0 fully saturated rings. The van der Waals surface area contributed by atoms with Crippen LogP contribution in [0.3, 0.4) is 0 Å². The van der Waals surface area contributed by atoms with Crippen LogP contribution in [0.15, 0.2) is 0 Å². The number of unbranched alkanes of at least 4 members (excludes halogenated alkanes) is 19. The van der Waals surface area contributed by atoms with E-state index in [0.717, 1.165) is 13.2 Å². The summed E-state index contributed by atoms with van der Waals surface area (Å²) in [5.74, 6) is 0. The third kappa shape index (κ3) is 24.0. The number of ether oxygens (including phenoxy) is 1. The standard InChI is InChI=1S/C25H52O/c1-3-5-7-9-11-13-14-15-17-19-21-23-25-26-24-22-20-18-16-12-10-8-6-4-2/h3-25H2,1-2H3. The molecule has 0 heterocycles. The molecule has 0 radical (unpaired) electrons. The van der Waals surface area contributed by atoms with Gasteiger partial charge in [-0.25, -0.2) is 0 Å². The maximum Gasteiger partial charge on any atom is 0.0466 e. The van der Waals surface area contributed by atoms with Gasteiger partial charge >= 0.3 is 0 Å². The Hall–Kier alpha value is -0.0400. The van der Waals surface area contributed by atoms with Crippen LogP contribution in [0, 0.1) is 0 Å². The monoisotopic (exact) mass is 368 g/mol. The predicted octanol–water partition coefficient (Wildman–Crippen LogP) is 9.23. The van der Waals surface area contributed by atoms with Crippen LogP contribution in [0.25, 0.3) is 0 Å². The van der Waals surface area contributed by atoms with E-state index in [0.29, 0.717) is 0 Å². The zero-order chi connectivity index (χ0) is 19.0. The average molecular weight is 369 g/mol. The fourth-order valence-corrected chi connectivity index (χ4v) is 3.66. The van der Waals surface area contributed by atoms with Crippen LogP contribution in [-0.4, -0.2) is 13.2 Å². The van der Waals surface area contributed by atoms with Gasteiger partial charge in [0.25, 0.3) is 0 Å². The summed E-state index contributed by atoms with van der Waals surface area (Å²) in [5, 5.41) is 0. The second-order valence-electron chi connectivity index (χ2n) is 8.33. The van der Waals surface area contributed by atoms with Crippen molar-refractivity contribution in [3.63, 3.8) is 0 Å². The van der Waals surface area contributed by atoms with Crippen molar-refractivity contribution >= 4 is 0 Å². The molecule has 0 spiro atoms. The quantitative estimate of drug-likeness (QED) is 0.163. The fourth-order valence-electron chi connectivity index (χ4n) is 3.66. The summed E-state index contributed by atoms with van der Waals surface area (Å²) in [4.78, 5) is 0. The topological polar surface area (TPSA) is 9.23 Å². The van der Waals surface area contributed by atoms with E-state index in [1.165, 1.54) is 135 Å². The van der Waals surface area contributed by atoms with Crippen molar-refractivity contribution in [3.05, 3.63) is 0 Å². The summed E-state index contributed by atoms with van der Waals surface area (Å²) < 4.78 is 5.79. The van der Waals surface area contributed by atoms with Crippen molar-refractivity contribution in [1.29, 1.82) is 0 Å². The van der Waals surface area contributed by atoms with E-state index in [4.69, 9.17) is 4.74 Å². The first-order valence-corrected chi connectivity index (χ1v) is 12.5. The third-order valence-corrected chi connectivity index (χ3v) is 5.53. The van der Waals surface area contributed by atoms with E-state index >= 15 is 0 Å². The Kier molecular flexibility index (Phi) is 24.9. The van der Waals surface area contributed by atoms with E-state index in [-0.39, 0.29) is 0 Å². The zero-order valence-corrected chi connectivity index (χ0v) is 18.7. The lowest BCUT2D eigenvalue weighted by atomic mass is 10.1. The molecule has 0 aromatic heterocycles. The summed E-state index contributed by atoms with van der Waals surface area (Å²) in [7, 11) is 0. The van der Waals surface area contributed by atoms with E-state index in [9.17, 15) is 0 Å². The molecule has 1 nitrogen and oxygen atoms in total. The minimum atomic E-state index is 0.994. The first-order chi connectivity index (χ1) is 12.9. The molecule has 0 aromatic carbocycles. The maximum absolute atomic E-state index is 5.79. The predicted molar refractivity (Wildman–Crippen MR) is 119 cm³/mol. The van der Waals surface area contributed by atoms with E-state index < -0.39 is 0 Å². The minimum absolute atomic E-state index is 0.994. The minimum Gasteiger partial charge on any atom is -0.381 e. The molecule has 0 aliphatic rings. The SMILES string of the molecule is CCCCCCCCCCCCCCOCCCCCCCCCCC. The molecule has 1 heteroatoms. The number of hydrogen-bond acceptors (Lipinski definition) is 1. The highest BCUT2D eigenvalue weighted by Crippen LogP contribution is 2.12. The van der Waals surface area contributed by atoms with Gasteiger partial charge in [0.15, 0.2) is 0 Å². The average Bonchev–Trinajstić information content (AvgIpc) is 2.66. The molecule has 0 atom stereocenters. The fraction of sp³-hybridized carbons (Fsp3) is 1.00. The molecule has 0 saturated carbocycles. The van der Waals surface area contributed by atoms with Crippen LogP contribution in [0.2, 0.25) is 0 Å². The second-order valence-corrected chi connectivity index (χ2v) is 8.33. The van der Waals surface area contributed by atoms with Gasteiger partial charge in [0.2, 0.25) is 0 Å². The van der Waals surface area contributed by atoms with Crippen LogP contribution in [0.4, 0.5) is 0 Å². The van der Waals surface area contributed by atoms with Crippen molar-refractivity contribution in [2.45, 2.75) is 149 Å². The van der Waals surface area contributed by atoms with Gasteiger partial charge < -0.3 is 4.74 Å². The molecule has 26 heavy (non-hydrogen) atoms. The first kappa shape index (κ1) is 26.0. The maximum atomic E-state index is 5.79. The molecular formula is C25H52O. The van der Waals surface area contributed by atoms with E-state index in [1.54, 1.807) is 0 Å². The van der Waals surface area contributed by atoms with Gasteiger partial charge in [-0.1, -0.05) is 136 Å². The Morgan fingerprint density at radius 2 is 0.538 bits per heavy atom. The molecule has 0 aromatic rings. The molecule has 0 rings (SSSR count).